The molecule has 0 aliphatic carbocycles. The van der Waals surface area contributed by atoms with Gasteiger partial charge in [-0.25, -0.2) is 8.42 Å². The zero-order valence-corrected chi connectivity index (χ0v) is 25.1. The first-order valence-corrected chi connectivity index (χ1v) is 13.2. The number of non-ortho nitro benzene ring substituents is 1. The van der Waals surface area contributed by atoms with E-state index < -0.39 is 30.1 Å². The molecular weight excluding hydrogens is 645 g/mol. The molecule has 14 heteroatoms. The van der Waals surface area contributed by atoms with Crippen molar-refractivity contribution >= 4 is 79.3 Å². The summed E-state index contributed by atoms with van der Waals surface area (Å²) >= 11 is 6.48. The van der Waals surface area contributed by atoms with Gasteiger partial charge in [0, 0.05) is 25.8 Å². The summed E-state index contributed by atoms with van der Waals surface area (Å²) in [6.07, 6.45) is 0. The van der Waals surface area contributed by atoms with Gasteiger partial charge in [0.2, 0.25) is 0 Å². The van der Waals surface area contributed by atoms with Crippen LogP contribution in [0.2, 0.25) is 0 Å². The zero-order valence-electron chi connectivity index (χ0n) is 17.2. The van der Waals surface area contributed by atoms with Gasteiger partial charge in [0.05, 0.1) is 15.2 Å². The van der Waals surface area contributed by atoms with E-state index in [9.17, 15) is 31.5 Å². The van der Waals surface area contributed by atoms with Crippen LogP contribution >= 0.6 is 31.9 Å². The van der Waals surface area contributed by atoms with Gasteiger partial charge < -0.3 is 4.55 Å². The molecule has 0 fully saturated rings. The van der Waals surface area contributed by atoms with Gasteiger partial charge in [0.15, 0.2) is 0 Å². The molecule has 0 saturated carbocycles. The van der Waals surface area contributed by atoms with E-state index in [2.05, 4.69) is 31.9 Å². The molecule has 0 aliphatic heterocycles. The van der Waals surface area contributed by atoms with Gasteiger partial charge in [0.1, 0.15) is 15.0 Å². The van der Waals surface area contributed by atoms with E-state index in [4.69, 9.17) is 4.55 Å². The normalized spacial score (nSPS) is 11.4. The van der Waals surface area contributed by atoms with Crippen molar-refractivity contribution in [2.75, 3.05) is 0 Å². The average Bonchev–Trinajstić information content (AvgIpc) is 2.73. The molecule has 0 saturated heterocycles. The molecule has 1 N–H and O–H groups in total. The van der Waals surface area contributed by atoms with Crippen LogP contribution in [-0.4, -0.2) is 30.9 Å². The van der Waals surface area contributed by atoms with E-state index in [1.54, 1.807) is 30.3 Å². The predicted octanol–water partition coefficient (Wildman–Crippen LogP) is 2.27. The molecule has 0 radical (unpaired) electrons. The number of halogens is 2. The van der Waals surface area contributed by atoms with E-state index in [0.717, 1.165) is 15.9 Å². The first kappa shape index (κ1) is 29.4. The molecule has 4 aromatic carbocycles. The maximum absolute atomic E-state index is 11.3. The van der Waals surface area contributed by atoms with E-state index in [0.29, 0.717) is 15.2 Å². The van der Waals surface area contributed by atoms with Crippen molar-refractivity contribution < 1.29 is 82.2 Å². The number of hydrogen-bond acceptors (Lipinski definition) is 7. The number of nitro benzene ring substituents is 1. The summed E-state index contributed by atoms with van der Waals surface area (Å²) in [7, 11) is -8.94. The number of rotatable bonds is 3. The molecule has 0 aromatic heterocycles. The first-order valence-electron chi connectivity index (χ1n) is 8.78. The van der Waals surface area contributed by atoms with Gasteiger partial charge in [-0.15, -0.1) is 0 Å². The SMILES string of the molecule is O=S(=O)([O-])c1ccc(Br)c2ccccc12.O=[N+]([O-])c1cccc2c(Br)ccc(S(=O)(=O)O)c12.[K+]. The first-order chi connectivity index (χ1) is 15.3. The second-order valence-corrected chi connectivity index (χ2v) is 11.0. The van der Waals surface area contributed by atoms with E-state index in [1.165, 1.54) is 30.3 Å². The van der Waals surface area contributed by atoms with Gasteiger partial charge in [-0.05, 0) is 29.7 Å². The summed E-state index contributed by atoms with van der Waals surface area (Å²) < 4.78 is 65.9. The fourth-order valence-corrected chi connectivity index (χ4v) is 5.47. The Bertz CT molecular complexity index is 1630. The Morgan fingerprint density at radius 3 is 1.76 bits per heavy atom. The predicted molar refractivity (Wildman–Crippen MR) is 128 cm³/mol. The molecule has 0 amide bonds. The summed E-state index contributed by atoms with van der Waals surface area (Å²) in [5, 5.41) is 12.3. The molecule has 0 aliphatic rings. The largest absolute Gasteiger partial charge is 1.00 e. The molecule has 0 atom stereocenters. The summed E-state index contributed by atoms with van der Waals surface area (Å²) in [6, 6.07) is 16.4. The van der Waals surface area contributed by atoms with Crippen LogP contribution in [-0.2, 0) is 20.2 Å². The van der Waals surface area contributed by atoms with Crippen LogP contribution in [0.15, 0.2) is 85.5 Å². The van der Waals surface area contributed by atoms with Crippen LogP contribution in [0, 0.1) is 10.1 Å². The van der Waals surface area contributed by atoms with Gasteiger partial charge in [0.25, 0.3) is 15.8 Å². The molecule has 9 nitrogen and oxygen atoms in total. The fourth-order valence-electron chi connectivity index (χ4n) is 3.14. The molecular formula is C20H12Br2KNO8S2. The Labute approximate surface area is 253 Å². The summed E-state index contributed by atoms with van der Waals surface area (Å²) in [5.74, 6) is 0. The Balaban J connectivity index is 0.000000237. The van der Waals surface area contributed by atoms with Crippen molar-refractivity contribution in [3.05, 3.63) is 85.8 Å². The minimum Gasteiger partial charge on any atom is -0.744 e. The number of nitrogens with zero attached hydrogens (tertiary/aromatic N) is 1. The summed E-state index contributed by atoms with van der Waals surface area (Å²) in [5.41, 5.74) is -0.374. The summed E-state index contributed by atoms with van der Waals surface area (Å²) in [4.78, 5) is 9.57. The Morgan fingerprint density at radius 2 is 1.24 bits per heavy atom. The van der Waals surface area contributed by atoms with Crippen molar-refractivity contribution in [2.24, 2.45) is 0 Å². The third-order valence-electron chi connectivity index (χ3n) is 4.50. The van der Waals surface area contributed by atoms with Crippen molar-refractivity contribution in [3.63, 3.8) is 0 Å². The monoisotopic (exact) mass is 655 g/mol. The molecule has 34 heavy (non-hydrogen) atoms. The van der Waals surface area contributed by atoms with Crippen LogP contribution in [0.5, 0.6) is 0 Å². The van der Waals surface area contributed by atoms with Gasteiger partial charge in [-0.1, -0.05) is 68.3 Å². The van der Waals surface area contributed by atoms with E-state index in [-0.39, 0.29) is 67.4 Å². The number of hydrogen-bond donors (Lipinski definition) is 1. The standard InChI is InChI=1S/C10H6BrNO5S.C10H7BrO3S.K/c11-7-4-5-9(18(15,16)17)10-6(7)2-1-3-8(10)12(13)14;11-9-5-6-10(15(12,13)14)8-4-2-1-3-7(8)9;/h1-5H,(H,15,16,17);1-6H,(H,12,13,14);/q;;+1/p-1. The molecule has 0 unspecified atom stereocenters. The maximum Gasteiger partial charge on any atom is 1.00 e. The number of benzene rings is 4. The molecule has 0 bridgehead atoms. The minimum absolute atomic E-state index is 0. The maximum atomic E-state index is 11.3. The molecule has 0 spiro atoms. The summed E-state index contributed by atoms with van der Waals surface area (Å²) in [6.45, 7) is 0. The Hall–Kier alpha value is -0.784. The van der Waals surface area contributed by atoms with Crippen molar-refractivity contribution in [2.45, 2.75) is 9.79 Å². The minimum atomic E-state index is -4.53. The van der Waals surface area contributed by atoms with E-state index >= 15 is 0 Å². The van der Waals surface area contributed by atoms with Crippen LogP contribution < -0.4 is 51.4 Å². The van der Waals surface area contributed by atoms with Crippen LogP contribution in [0.3, 0.4) is 0 Å². The third kappa shape index (κ3) is 6.50. The smallest absolute Gasteiger partial charge is 0.744 e. The van der Waals surface area contributed by atoms with Crippen molar-refractivity contribution in [1.29, 1.82) is 0 Å². The third-order valence-corrected chi connectivity index (χ3v) is 7.68. The topological polar surface area (TPSA) is 155 Å². The number of fused-ring (bicyclic) bond motifs is 2. The second kappa shape index (κ2) is 11.5. The molecule has 172 valence electrons. The Morgan fingerprint density at radius 1 is 0.735 bits per heavy atom. The average molecular weight is 657 g/mol. The van der Waals surface area contributed by atoms with E-state index in [1.807, 2.05) is 0 Å². The molecule has 4 rings (SSSR count). The van der Waals surface area contributed by atoms with Crippen molar-refractivity contribution in [1.82, 2.24) is 0 Å². The molecule has 4 aromatic rings. The second-order valence-electron chi connectivity index (χ2n) is 6.52. The van der Waals surface area contributed by atoms with Crippen molar-refractivity contribution in [3.8, 4) is 0 Å². The molecule has 0 heterocycles. The van der Waals surface area contributed by atoms with Crippen LogP contribution in [0.4, 0.5) is 5.69 Å². The van der Waals surface area contributed by atoms with Crippen LogP contribution in [0.1, 0.15) is 0 Å². The van der Waals surface area contributed by atoms with Gasteiger partial charge >= 0.3 is 51.4 Å². The zero-order chi connectivity index (χ0) is 24.6. The Kier molecular flexibility index (Phi) is 9.97. The number of nitro groups is 1. The fraction of sp³-hybridized carbons (Fsp3) is 0. The van der Waals surface area contributed by atoms with Crippen LogP contribution in [0.25, 0.3) is 21.5 Å². The van der Waals surface area contributed by atoms with Gasteiger partial charge in [-0.2, -0.15) is 8.42 Å². The quantitative estimate of drug-likeness (QED) is 0.152. The van der Waals surface area contributed by atoms with Gasteiger partial charge in [-0.3, -0.25) is 14.7 Å².